The molecule has 0 unspecified atom stereocenters. The van der Waals surface area contributed by atoms with Gasteiger partial charge in [0.05, 0.1) is 16.6 Å². The SMILES string of the molecule is Cc1ccc(-n2c(/C=C/c3ccc(O)cc3)nc3ccccc3c2=O)cc1C. The van der Waals surface area contributed by atoms with E-state index in [1.165, 1.54) is 5.56 Å². The zero-order chi connectivity index (χ0) is 19.7. The topological polar surface area (TPSA) is 55.1 Å². The minimum Gasteiger partial charge on any atom is -0.508 e. The Bertz CT molecular complexity index is 1250. The highest BCUT2D eigenvalue weighted by atomic mass is 16.3. The summed E-state index contributed by atoms with van der Waals surface area (Å²) < 4.78 is 1.64. The van der Waals surface area contributed by atoms with Gasteiger partial charge in [0.1, 0.15) is 11.6 Å². The van der Waals surface area contributed by atoms with Gasteiger partial charge < -0.3 is 5.11 Å². The number of rotatable bonds is 3. The fourth-order valence-corrected chi connectivity index (χ4v) is 3.13. The lowest BCUT2D eigenvalue weighted by Crippen LogP contribution is -2.22. The van der Waals surface area contributed by atoms with Crippen molar-refractivity contribution in [2.24, 2.45) is 0 Å². The zero-order valence-electron chi connectivity index (χ0n) is 15.8. The number of phenols is 1. The number of phenolic OH excluding ortho intramolecular Hbond substituents is 1. The van der Waals surface area contributed by atoms with Crippen molar-refractivity contribution in [1.29, 1.82) is 0 Å². The van der Waals surface area contributed by atoms with E-state index in [2.05, 4.69) is 0 Å². The molecule has 0 bridgehead atoms. The van der Waals surface area contributed by atoms with Crippen molar-refractivity contribution < 1.29 is 5.11 Å². The van der Waals surface area contributed by atoms with Crippen LogP contribution in [0, 0.1) is 13.8 Å². The number of para-hydroxylation sites is 1. The molecule has 28 heavy (non-hydrogen) atoms. The fourth-order valence-electron chi connectivity index (χ4n) is 3.13. The molecule has 0 radical (unpaired) electrons. The molecular formula is C24H20N2O2. The standard InChI is InChI=1S/C24H20N2O2/c1-16-7-11-19(15-17(16)2)26-23(14-10-18-8-12-20(27)13-9-18)25-22-6-4-3-5-21(22)24(26)28/h3-15,27H,1-2H3/b14-10+. The largest absolute Gasteiger partial charge is 0.508 e. The van der Waals surface area contributed by atoms with Crippen LogP contribution in [-0.4, -0.2) is 14.7 Å². The lowest BCUT2D eigenvalue weighted by atomic mass is 10.1. The van der Waals surface area contributed by atoms with Crippen LogP contribution < -0.4 is 5.56 Å². The maximum absolute atomic E-state index is 13.3. The third-order valence-electron chi connectivity index (χ3n) is 4.87. The van der Waals surface area contributed by atoms with Gasteiger partial charge in [-0.3, -0.25) is 9.36 Å². The molecule has 0 fully saturated rings. The molecule has 1 heterocycles. The summed E-state index contributed by atoms with van der Waals surface area (Å²) in [5, 5.41) is 10.0. The van der Waals surface area contributed by atoms with E-state index in [9.17, 15) is 9.90 Å². The first-order valence-corrected chi connectivity index (χ1v) is 9.09. The van der Waals surface area contributed by atoms with Gasteiger partial charge >= 0.3 is 0 Å². The number of nitrogens with zero attached hydrogens (tertiary/aromatic N) is 2. The van der Waals surface area contributed by atoms with Crippen molar-refractivity contribution >= 4 is 23.1 Å². The highest BCUT2D eigenvalue weighted by molar-refractivity contribution is 5.80. The van der Waals surface area contributed by atoms with Crippen molar-refractivity contribution in [3.05, 3.63) is 99.6 Å². The number of hydrogen-bond donors (Lipinski definition) is 1. The van der Waals surface area contributed by atoms with Crippen LogP contribution in [0.2, 0.25) is 0 Å². The van der Waals surface area contributed by atoms with Crippen LogP contribution in [0.4, 0.5) is 0 Å². The molecule has 0 aliphatic heterocycles. The zero-order valence-corrected chi connectivity index (χ0v) is 15.8. The van der Waals surface area contributed by atoms with Crippen LogP contribution >= 0.6 is 0 Å². The predicted molar refractivity (Wildman–Crippen MR) is 114 cm³/mol. The smallest absolute Gasteiger partial charge is 0.266 e. The third kappa shape index (κ3) is 3.32. The Hall–Kier alpha value is -3.66. The molecule has 0 atom stereocenters. The average Bonchev–Trinajstić information content (AvgIpc) is 2.70. The second-order valence-corrected chi connectivity index (χ2v) is 6.82. The fraction of sp³-hybridized carbons (Fsp3) is 0.0833. The van der Waals surface area contributed by atoms with E-state index >= 15 is 0 Å². The summed E-state index contributed by atoms with van der Waals surface area (Å²) in [4.78, 5) is 18.0. The van der Waals surface area contributed by atoms with Gasteiger partial charge in [0, 0.05) is 0 Å². The number of aryl methyl sites for hydroxylation is 2. The maximum Gasteiger partial charge on any atom is 0.266 e. The van der Waals surface area contributed by atoms with Gasteiger partial charge in [-0.25, -0.2) is 4.98 Å². The van der Waals surface area contributed by atoms with Crippen LogP contribution in [0.15, 0.2) is 71.5 Å². The summed E-state index contributed by atoms with van der Waals surface area (Å²) >= 11 is 0. The van der Waals surface area contributed by atoms with Crippen molar-refractivity contribution in [3.8, 4) is 11.4 Å². The molecule has 0 amide bonds. The van der Waals surface area contributed by atoms with Crippen LogP contribution in [-0.2, 0) is 0 Å². The molecule has 1 N–H and O–H groups in total. The summed E-state index contributed by atoms with van der Waals surface area (Å²) in [7, 11) is 0. The lowest BCUT2D eigenvalue weighted by Gasteiger charge is -2.13. The first kappa shape index (κ1) is 17.7. The van der Waals surface area contributed by atoms with Gasteiger partial charge in [-0.15, -0.1) is 0 Å². The van der Waals surface area contributed by atoms with E-state index < -0.39 is 0 Å². The van der Waals surface area contributed by atoms with Crippen molar-refractivity contribution in [2.45, 2.75) is 13.8 Å². The molecule has 1 aromatic heterocycles. The molecule has 4 heteroatoms. The van der Waals surface area contributed by atoms with E-state index in [1.54, 1.807) is 22.8 Å². The van der Waals surface area contributed by atoms with Crippen molar-refractivity contribution in [3.63, 3.8) is 0 Å². The molecule has 4 aromatic rings. The third-order valence-corrected chi connectivity index (χ3v) is 4.87. The molecule has 0 aliphatic carbocycles. The summed E-state index contributed by atoms with van der Waals surface area (Å²) in [5.41, 5.74) is 4.55. The Morgan fingerprint density at radius 1 is 0.893 bits per heavy atom. The van der Waals surface area contributed by atoms with E-state index in [1.807, 2.05) is 74.5 Å². The van der Waals surface area contributed by atoms with Crippen LogP contribution in [0.5, 0.6) is 5.75 Å². The minimum absolute atomic E-state index is 0.0980. The quantitative estimate of drug-likeness (QED) is 0.561. The van der Waals surface area contributed by atoms with Crippen molar-refractivity contribution in [2.75, 3.05) is 0 Å². The average molecular weight is 368 g/mol. The highest BCUT2D eigenvalue weighted by Gasteiger charge is 2.11. The summed E-state index contributed by atoms with van der Waals surface area (Å²) in [6, 6.07) is 20.2. The number of aromatic hydroxyl groups is 1. The number of benzene rings is 3. The molecule has 3 aromatic carbocycles. The first-order chi connectivity index (χ1) is 13.5. The lowest BCUT2D eigenvalue weighted by molar-refractivity contribution is 0.475. The summed E-state index contributed by atoms with van der Waals surface area (Å²) in [6.45, 7) is 4.08. The monoisotopic (exact) mass is 368 g/mol. The van der Waals surface area contributed by atoms with E-state index in [-0.39, 0.29) is 11.3 Å². The Morgan fingerprint density at radius 3 is 2.39 bits per heavy atom. The second kappa shape index (κ2) is 7.16. The number of hydrogen-bond acceptors (Lipinski definition) is 3. The molecule has 0 saturated heterocycles. The van der Waals surface area contributed by atoms with Gasteiger partial charge in [0.2, 0.25) is 0 Å². The second-order valence-electron chi connectivity index (χ2n) is 6.82. The maximum atomic E-state index is 13.3. The van der Waals surface area contributed by atoms with E-state index in [0.29, 0.717) is 16.7 Å². The van der Waals surface area contributed by atoms with Crippen LogP contribution in [0.1, 0.15) is 22.5 Å². The Balaban J connectivity index is 1.94. The highest BCUT2D eigenvalue weighted by Crippen LogP contribution is 2.18. The van der Waals surface area contributed by atoms with E-state index in [0.717, 1.165) is 16.8 Å². The Morgan fingerprint density at radius 2 is 1.64 bits per heavy atom. The first-order valence-electron chi connectivity index (χ1n) is 9.09. The normalized spacial score (nSPS) is 11.4. The van der Waals surface area contributed by atoms with Gasteiger partial charge in [0.15, 0.2) is 0 Å². The number of fused-ring (bicyclic) bond motifs is 1. The van der Waals surface area contributed by atoms with Crippen LogP contribution in [0.3, 0.4) is 0 Å². The molecule has 0 spiro atoms. The van der Waals surface area contributed by atoms with Crippen molar-refractivity contribution in [1.82, 2.24) is 9.55 Å². The summed E-state index contributed by atoms with van der Waals surface area (Å²) in [5.74, 6) is 0.771. The minimum atomic E-state index is -0.0980. The van der Waals surface area contributed by atoms with Gasteiger partial charge in [-0.2, -0.15) is 0 Å². The Labute approximate surface area is 163 Å². The van der Waals surface area contributed by atoms with Gasteiger partial charge in [0.25, 0.3) is 5.56 Å². The summed E-state index contributed by atoms with van der Waals surface area (Å²) in [6.07, 6.45) is 3.71. The Kier molecular flexibility index (Phi) is 4.53. The molecule has 0 aliphatic rings. The van der Waals surface area contributed by atoms with Crippen LogP contribution in [0.25, 0.3) is 28.7 Å². The van der Waals surface area contributed by atoms with Gasteiger partial charge in [-0.1, -0.05) is 36.4 Å². The van der Waals surface area contributed by atoms with E-state index in [4.69, 9.17) is 4.98 Å². The number of aromatic nitrogens is 2. The molecule has 4 rings (SSSR count). The predicted octanol–water partition coefficient (Wildman–Crippen LogP) is 4.88. The molecule has 138 valence electrons. The van der Waals surface area contributed by atoms with Gasteiger partial charge in [-0.05, 0) is 73.0 Å². The molecule has 0 saturated carbocycles. The molecular weight excluding hydrogens is 348 g/mol. The molecule has 4 nitrogen and oxygen atoms in total.